The summed E-state index contributed by atoms with van der Waals surface area (Å²) in [5, 5.41) is 3.93. The topological polar surface area (TPSA) is 36.7 Å². The average molecular weight is 302 g/mol. The first-order valence-electron chi connectivity index (χ1n) is 7.36. The third-order valence-electron chi connectivity index (χ3n) is 4.50. The summed E-state index contributed by atoms with van der Waals surface area (Å²) >= 11 is 1.59. The molecule has 4 heterocycles. The fourth-order valence-electron chi connectivity index (χ4n) is 3.63. The van der Waals surface area contributed by atoms with Crippen LogP contribution in [0, 0.1) is 5.92 Å². The number of furan rings is 1. The highest BCUT2D eigenvalue weighted by molar-refractivity contribution is 7.08. The maximum atomic E-state index is 12.6. The fourth-order valence-corrected chi connectivity index (χ4v) is 4.26. The Bertz CT molecular complexity index is 608. The first kappa shape index (κ1) is 13.1. The molecule has 2 bridgehead atoms. The number of likely N-dealkylation sites (tertiary alicyclic amines) is 2. The van der Waals surface area contributed by atoms with Crippen molar-refractivity contribution in [2.45, 2.75) is 19.0 Å². The summed E-state index contributed by atoms with van der Waals surface area (Å²) in [5.74, 6) is 0.812. The lowest BCUT2D eigenvalue weighted by Crippen LogP contribution is -2.43. The van der Waals surface area contributed by atoms with Gasteiger partial charge < -0.3 is 9.32 Å². The van der Waals surface area contributed by atoms with Crippen LogP contribution in [0.1, 0.15) is 22.3 Å². The molecule has 0 saturated carbocycles. The Balaban J connectivity index is 1.46. The van der Waals surface area contributed by atoms with Crippen LogP contribution >= 0.6 is 11.3 Å². The maximum Gasteiger partial charge on any atom is 0.255 e. The van der Waals surface area contributed by atoms with E-state index in [1.807, 2.05) is 29.2 Å². The van der Waals surface area contributed by atoms with E-state index in [4.69, 9.17) is 4.42 Å². The third-order valence-corrected chi connectivity index (χ3v) is 5.18. The van der Waals surface area contributed by atoms with Crippen LogP contribution in [0.4, 0.5) is 0 Å². The molecule has 2 aromatic rings. The Morgan fingerprint density at radius 3 is 3.05 bits per heavy atom. The Morgan fingerprint density at radius 2 is 2.29 bits per heavy atom. The van der Waals surface area contributed by atoms with Crippen molar-refractivity contribution in [2.24, 2.45) is 5.92 Å². The number of rotatable bonds is 3. The molecular formula is C16H18N2O2S. The summed E-state index contributed by atoms with van der Waals surface area (Å²) < 4.78 is 5.14. The Kier molecular flexibility index (Phi) is 3.31. The highest BCUT2D eigenvalue weighted by Crippen LogP contribution is 2.31. The number of hydrogen-bond donors (Lipinski definition) is 0. The Hall–Kier alpha value is -1.59. The van der Waals surface area contributed by atoms with Crippen molar-refractivity contribution in [3.8, 4) is 0 Å². The number of carbonyl (C=O) groups is 1. The van der Waals surface area contributed by atoms with Crippen LogP contribution in [0.2, 0.25) is 0 Å². The number of hydrogen-bond acceptors (Lipinski definition) is 4. The van der Waals surface area contributed by atoms with Crippen LogP contribution < -0.4 is 0 Å². The van der Waals surface area contributed by atoms with Crippen molar-refractivity contribution in [3.63, 3.8) is 0 Å². The van der Waals surface area contributed by atoms with Crippen LogP contribution in [0.3, 0.4) is 0 Å². The van der Waals surface area contributed by atoms with E-state index in [-0.39, 0.29) is 5.91 Å². The molecule has 0 N–H and O–H groups in total. The molecule has 0 aromatic carbocycles. The highest BCUT2D eigenvalue weighted by Gasteiger charge is 2.40. The molecule has 2 aliphatic heterocycles. The molecule has 4 nitrogen and oxygen atoms in total. The van der Waals surface area contributed by atoms with Gasteiger partial charge in [-0.1, -0.05) is 0 Å². The second kappa shape index (κ2) is 5.31. The zero-order valence-electron chi connectivity index (χ0n) is 11.8. The van der Waals surface area contributed by atoms with Crippen molar-refractivity contribution < 1.29 is 9.21 Å². The van der Waals surface area contributed by atoms with E-state index in [1.54, 1.807) is 17.6 Å². The second-order valence-electron chi connectivity index (χ2n) is 6.05. The second-order valence-corrected chi connectivity index (χ2v) is 6.83. The summed E-state index contributed by atoms with van der Waals surface area (Å²) in [6.07, 6.45) is 4.68. The third kappa shape index (κ3) is 2.51. The van der Waals surface area contributed by atoms with Crippen LogP contribution in [0.15, 0.2) is 39.8 Å². The van der Waals surface area contributed by atoms with Gasteiger partial charge in [0.05, 0.1) is 18.1 Å². The molecule has 2 aliphatic rings. The molecular weight excluding hydrogens is 284 g/mol. The lowest BCUT2D eigenvalue weighted by molar-refractivity contribution is 0.0712. The number of amides is 1. The first-order chi connectivity index (χ1) is 10.3. The lowest BCUT2D eigenvalue weighted by Gasteiger charge is -2.32. The molecule has 0 aliphatic carbocycles. The van der Waals surface area contributed by atoms with Crippen molar-refractivity contribution in [3.05, 3.63) is 46.5 Å². The van der Waals surface area contributed by atoms with Crippen molar-refractivity contribution in [1.29, 1.82) is 0 Å². The van der Waals surface area contributed by atoms with Crippen LogP contribution in [0.25, 0.3) is 0 Å². The van der Waals surface area contributed by atoms with Gasteiger partial charge in [-0.25, -0.2) is 0 Å². The minimum atomic E-state index is 0.203. The summed E-state index contributed by atoms with van der Waals surface area (Å²) in [6, 6.07) is 4.31. The van der Waals surface area contributed by atoms with E-state index in [0.29, 0.717) is 12.0 Å². The molecule has 2 saturated heterocycles. The predicted octanol–water partition coefficient (Wildman–Crippen LogP) is 2.69. The standard InChI is InChI=1S/C16H18N2O2S/c19-16(14-2-4-21-11-14)18-8-13-5-15(18)9-17(7-13)6-12-1-3-20-10-12/h1-4,10-11,13,15H,5-9H2. The number of piperidine rings is 1. The molecule has 2 fully saturated rings. The van der Waals surface area contributed by atoms with Gasteiger partial charge >= 0.3 is 0 Å². The first-order valence-corrected chi connectivity index (χ1v) is 8.30. The molecule has 2 aromatic heterocycles. The van der Waals surface area contributed by atoms with E-state index < -0.39 is 0 Å². The number of nitrogens with zero attached hydrogens (tertiary/aromatic N) is 2. The molecule has 0 radical (unpaired) electrons. The van der Waals surface area contributed by atoms with E-state index in [0.717, 1.165) is 38.2 Å². The zero-order chi connectivity index (χ0) is 14.2. The van der Waals surface area contributed by atoms with Gasteiger partial charge in [0.15, 0.2) is 0 Å². The molecule has 1 amide bonds. The van der Waals surface area contributed by atoms with Gasteiger partial charge in [0, 0.05) is 43.2 Å². The van der Waals surface area contributed by atoms with Gasteiger partial charge in [0.1, 0.15) is 0 Å². The normalized spacial score (nSPS) is 25.4. The number of thiophene rings is 1. The van der Waals surface area contributed by atoms with Crippen LogP contribution in [0.5, 0.6) is 0 Å². The van der Waals surface area contributed by atoms with Crippen molar-refractivity contribution in [1.82, 2.24) is 9.80 Å². The zero-order valence-corrected chi connectivity index (χ0v) is 12.6. The Labute approximate surface area is 128 Å². The summed E-state index contributed by atoms with van der Waals surface area (Å²) in [5.41, 5.74) is 2.06. The summed E-state index contributed by atoms with van der Waals surface area (Å²) in [7, 11) is 0. The van der Waals surface area contributed by atoms with Gasteiger partial charge in [0.2, 0.25) is 0 Å². The van der Waals surface area contributed by atoms with E-state index >= 15 is 0 Å². The number of carbonyl (C=O) groups excluding carboxylic acids is 1. The minimum Gasteiger partial charge on any atom is -0.472 e. The predicted molar refractivity (Wildman–Crippen MR) is 81.2 cm³/mol. The van der Waals surface area contributed by atoms with Crippen LogP contribution in [-0.2, 0) is 6.54 Å². The fraction of sp³-hybridized carbons (Fsp3) is 0.438. The quantitative estimate of drug-likeness (QED) is 0.874. The van der Waals surface area contributed by atoms with Gasteiger partial charge in [-0.3, -0.25) is 9.69 Å². The molecule has 0 spiro atoms. The molecule has 4 rings (SSSR count). The highest BCUT2D eigenvalue weighted by atomic mass is 32.1. The van der Waals surface area contributed by atoms with Gasteiger partial charge in [-0.05, 0) is 29.9 Å². The van der Waals surface area contributed by atoms with Crippen molar-refractivity contribution in [2.75, 3.05) is 19.6 Å². The lowest BCUT2D eigenvalue weighted by atomic mass is 9.99. The molecule has 21 heavy (non-hydrogen) atoms. The minimum absolute atomic E-state index is 0.203. The monoisotopic (exact) mass is 302 g/mol. The van der Waals surface area contributed by atoms with Gasteiger partial charge in [-0.15, -0.1) is 0 Å². The van der Waals surface area contributed by atoms with Crippen molar-refractivity contribution >= 4 is 17.2 Å². The summed E-state index contributed by atoms with van der Waals surface area (Å²) in [6.45, 7) is 3.87. The largest absolute Gasteiger partial charge is 0.472 e. The van der Waals surface area contributed by atoms with Gasteiger partial charge in [0.25, 0.3) is 5.91 Å². The smallest absolute Gasteiger partial charge is 0.255 e. The number of fused-ring (bicyclic) bond motifs is 2. The average Bonchev–Trinajstić information content (AvgIpc) is 3.19. The van der Waals surface area contributed by atoms with E-state index in [2.05, 4.69) is 9.80 Å². The SMILES string of the molecule is O=C(c1ccsc1)N1CC2CC1CN(Cc1ccoc1)C2. The molecule has 110 valence electrons. The molecule has 5 heteroatoms. The van der Waals surface area contributed by atoms with Gasteiger partial charge in [-0.2, -0.15) is 11.3 Å². The summed E-state index contributed by atoms with van der Waals surface area (Å²) in [4.78, 5) is 17.1. The Morgan fingerprint density at radius 1 is 1.33 bits per heavy atom. The molecule has 2 atom stereocenters. The molecule has 2 unspecified atom stereocenters. The van der Waals surface area contributed by atoms with E-state index in [1.165, 1.54) is 5.56 Å². The maximum absolute atomic E-state index is 12.6. The van der Waals surface area contributed by atoms with Crippen LogP contribution in [-0.4, -0.2) is 41.4 Å². The van der Waals surface area contributed by atoms with E-state index in [9.17, 15) is 4.79 Å².